The normalized spacial score (nSPS) is 14.2. The summed E-state index contributed by atoms with van der Waals surface area (Å²) >= 11 is 3.39. The number of ether oxygens (including phenoxy) is 1. The van der Waals surface area contributed by atoms with Gasteiger partial charge in [0.25, 0.3) is 0 Å². The van der Waals surface area contributed by atoms with Crippen molar-refractivity contribution in [3.8, 4) is 0 Å². The Morgan fingerprint density at radius 1 is 1.31 bits per heavy atom. The van der Waals surface area contributed by atoms with Gasteiger partial charge in [0.05, 0.1) is 7.11 Å². The molecule has 1 N–H and O–H groups in total. The van der Waals surface area contributed by atoms with E-state index in [1.54, 1.807) is 6.92 Å². The van der Waals surface area contributed by atoms with E-state index < -0.39 is 0 Å². The zero-order chi connectivity index (χ0) is 12.1. The monoisotopic (exact) mass is 285 g/mol. The van der Waals surface area contributed by atoms with Gasteiger partial charge in [-0.1, -0.05) is 28.1 Å². The van der Waals surface area contributed by atoms with E-state index in [4.69, 9.17) is 0 Å². The summed E-state index contributed by atoms with van der Waals surface area (Å²) in [6, 6.07) is 7.82. The van der Waals surface area contributed by atoms with Crippen molar-refractivity contribution in [2.75, 3.05) is 7.11 Å². The third kappa shape index (κ3) is 3.61. The molecular formula is C12H16BrNO2. The van der Waals surface area contributed by atoms with Crippen LogP contribution in [0.15, 0.2) is 28.7 Å². The Balaban J connectivity index is 2.61. The lowest BCUT2D eigenvalue weighted by Gasteiger charge is -2.18. The van der Waals surface area contributed by atoms with Gasteiger partial charge in [0.1, 0.15) is 6.04 Å². The molecule has 0 heterocycles. The topological polar surface area (TPSA) is 38.3 Å². The molecular weight excluding hydrogens is 270 g/mol. The molecule has 0 aromatic heterocycles. The lowest BCUT2D eigenvalue weighted by molar-refractivity contribution is -0.142. The summed E-state index contributed by atoms with van der Waals surface area (Å²) in [4.78, 5) is 11.2. The van der Waals surface area contributed by atoms with Gasteiger partial charge in [-0.25, -0.2) is 0 Å². The van der Waals surface area contributed by atoms with Crippen LogP contribution in [0, 0.1) is 0 Å². The summed E-state index contributed by atoms with van der Waals surface area (Å²) < 4.78 is 5.70. The van der Waals surface area contributed by atoms with Crippen LogP contribution in [0.5, 0.6) is 0 Å². The summed E-state index contributed by atoms with van der Waals surface area (Å²) in [5.74, 6) is -0.246. The van der Waals surface area contributed by atoms with Crippen LogP contribution >= 0.6 is 15.9 Å². The zero-order valence-electron chi connectivity index (χ0n) is 9.66. The summed E-state index contributed by atoms with van der Waals surface area (Å²) in [7, 11) is 1.39. The predicted molar refractivity (Wildman–Crippen MR) is 67.2 cm³/mol. The number of methoxy groups -OCH3 is 1. The van der Waals surface area contributed by atoms with Gasteiger partial charge in [-0.15, -0.1) is 0 Å². The van der Waals surface area contributed by atoms with Crippen LogP contribution in [0.2, 0.25) is 0 Å². The van der Waals surface area contributed by atoms with E-state index >= 15 is 0 Å². The molecule has 1 unspecified atom stereocenters. The third-order valence-electron chi connectivity index (χ3n) is 2.42. The Morgan fingerprint density at radius 2 is 1.88 bits per heavy atom. The summed E-state index contributed by atoms with van der Waals surface area (Å²) in [6.45, 7) is 3.81. The standard InChI is InChI=1S/C12H16BrNO2/c1-8(14-9(2)12(15)16-3)10-4-6-11(13)7-5-10/h4-9,14H,1-3H3/t8-,9?/m0/s1. The largest absolute Gasteiger partial charge is 0.468 e. The van der Waals surface area contributed by atoms with Gasteiger partial charge in [-0.05, 0) is 31.5 Å². The van der Waals surface area contributed by atoms with Crippen LogP contribution in [0.1, 0.15) is 25.5 Å². The van der Waals surface area contributed by atoms with Crippen molar-refractivity contribution in [2.45, 2.75) is 25.9 Å². The number of nitrogens with one attached hydrogen (secondary N) is 1. The molecule has 0 spiro atoms. The number of benzene rings is 1. The van der Waals surface area contributed by atoms with Crippen molar-refractivity contribution in [1.82, 2.24) is 5.32 Å². The Kier molecular flexibility index (Phi) is 4.96. The lowest BCUT2D eigenvalue weighted by atomic mass is 10.1. The fourth-order valence-corrected chi connectivity index (χ4v) is 1.73. The maximum atomic E-state index is 11.2. The number of hydrogen-bond donors (Lipinski definition) is 1. The molecule has 4 heteroatoms. The smallest absolute Gasteiger partial charge is 0.322 e. The second-order valence-corrected chi connectivity index (χ2v) is 4.60. The van der Waals surface area contributed by atoms with E-state index in [2.05, 4.69) is 26.0 Å². The van der Waals surface area contributed by atoms with Crippen LogP contribution in [0.3, 0.4) is 0 Å². The number of esters is 1. The van der Waals surface area contributed by atoms with Crippen molar-refractivity contribution in [1.29, 1.82) is 0 Å². The van der Waals surface area contributed by atoms with E-state index in [-0.39, 0.29) is 18.1 Å². The Labute approximate surface area is 104 Å². The molecule has 0 fully saturated rings. The Bertz CT molecular complexity index is 351. The van der Waals surface area contributed by atoms with Gasteiger partial charge < -0.3 is 4.74 Å². The molecule has 1 aromatic rings. The van der Waals surface area contributed by atoms with Gasteiger partial charge in [0, 0.05) is 10.5 Å². The second kappa shape index (κ2) is 6.01. The minimum absolute atomic E-state index is 0.113. The molecule has 88 valence electrons. The highest BCUT2D eigenvalue weighted by Gasteiger charge is 2.16. The maximum Gasteiger partial charge on any atom is 0.322 e. The van der Waals surface area contributed by atoms with E-state index in [0.29, 0.717) is 0 Å². The molecule has 1 aromatic carbocycles. The van der Waals surface area contributed by atoms with E-state index in [9.17, 15) is 4.79 Å². The molecule has 0 aliphatic carbocycles. The minimum Gasteiger partial charge on any atom is -0.468 e. The average Bonchev–Trinajstić information content (AvgIpc) is 2.28. The zero-order valence-corrected chi connectivity index (χ0v) is 11.2. The number of halogens is 1. The molecule has 0 bridgehead atoms. The van der Waals surface area contributed by atoms with Crippen LogP contribution < -0.4 is 5.32 Å². The van der Waals surface area contributed by atoms with Crippen LogP contribution in [0.25, 0.3) is 0 Å². The van der Waals surface area contributed by atoms with Gasteiger partial charge >= 0.3 is 5.97 Å². The third-order valence-corrected chi connectivity index (χ3v) is 2.95. The summed E-state index contributed by atoms with van der Waals surface area (Å²) in [5, 5.41) is 3.18. The fourth-order valence-electron chi connectivity index (χ4n) is 1.47. The first-order valence-electron chi connectivity index (χ1n) is 5.14. The molecule has 16 heavy (non-hydrogen) atoms. The molecule has 0 saturated heterocycles. The Hall–Kier alpha value is -0.870. The fraction of sp³-hybridized carbons (Fsp3) is 0.417. The number of carbonyl (C=O) groups is 1. The highest BCUT2D eigenvalue weighted by Crippen LogP contribution is 2.16. The molecule has 3 nitrogen and oxygen atoms in total. The summed E-state index contributed by atoms with van der Waals surface area (Å²) in [5.41, 5.74) is 1.14. The molecule has 0 saturated carbocycles. The molecule has 0 radical (unpaired) electrons. The second-order valence-electron chi connectivity index (χ2n) is 3.68. The molecule has 1 rings (SSSR count). The first kappa shape index (κ1) is 13.2. The highest BCUT2D eigenvalue weighted by molar-refractivity contribution is 9.10. The van der Waals surface area contributed by atoms with Gasteiger partial charge in [0.15, 0.2) is 0 Å². The Morgan fingerprint density at radius 3 is 2.38 bits per heavy atom. The molecule has 0 amide bonds. The maximum absolute atomic E-state index is 11.2. The average molecular weight is 286 g/mol. The van der Waals surface area contributed by atoms with E-state index in [0.717, 1.165) is 10.0 Å². The highest BCUT2D eigenvalue weighted by atomic mass is 79.9. The molecule has 2 atom stereocenters. The van der Waals surface area contributed by atoms with Crippen LogP contribution in [0.4, 0.5) is 0 Å². The SMILES string of the molecule is COC(=O)C(C)N[C@@H](C)c1ccc(Br)cc1. The number of hydrogen-bond acceptors (Lipinski definition) is 3. The minimum atomic E-state index is -0.302. The van der Waals surface area contributed by atoms with Crippen molar-refractivity contribution in [3.63, 3.8) is 0 Å². The first-order valence-corrected chi connectivity index (χ1v) is 5.93. The molecule has 0 aliphatic rings. The quantitative estimate of drug-likeness (QED) is 0.865. The first-order chi connectivity index (χ1) is 7.54. The van der Waals surface area contributed by atoms with Crippen molar-refractivity contribution < 1.29 is 9.53 Å². The van der Waals surface area contributed by atoms with Crippen LogP contribution in [-0.4, -0.2) is 19.1 Å². The van der Waals surface area contributed by atoms with Crippen LogP contribution in [-0.2, 0) is 9.53 Å². The number of rotatable bonds is 4. The van der Waals surface area contributed by atoms with E-state index in [1.165, 1.54) is 7.11 Å². The predicted octanol–water partition coefficient (Wildman–Crippen LogP) is 2.66. The van der Waals surface area contributed by atoms with Crippen molar-refractivity contribution in [3.05, 3.63) is 34.3 Å². The van der Waals surface area contributed by atoms with Gasteiger partial charge in [-0.3, -0.25) is 10.1 Å². The number of carbonyl (C=O) groups excluding carboxylic acids is 1. The van der Waals surface area contributed by atoms with Crippen molar-refractivity contribution in [2.24, 2.45) is 0 Å². The van der Waals surface area contributed by atoms with E-state index in [1.807, 2.05) is 31.2 Å². The van der Waals surface area contributed by atoms with Crippen molar-refractivity contribution >= 4 is 21.9 Å². The summed E-state index contributed by atoms with van der Waals surface area (Å²) in [6.07, 6.45) is 0. The molecule has 0 aliphatic heterocycles. The van der Waals surface area contributed by atoms with Gasteiger partial charge in [0.2, 0.25) is 0 Å². The lowest BCUT2D eigenvalue weighted by Crippen LogP contribution is -2.36. The van der Waals surface area contributed by atoms with Gasteiger partial charge in [-0.2, -0.15) is 0 Å².